The molecule has 0 unspecified atom stereocenters. The maximum absolute atomic E-state index is 8.59. The maximum Gasteiger partial charge on any atom is 0.145 e. The Bertz CT molecular complexity index is 340. The van der Waals surface area contributed by atoms with Crippen LogP contribution in [0.5, 0.6) is 0 Å². The normalized spacial score (nSPS) is 8.92. The molecule has 0 fully saturated rings. The fourth-order valence-electron chi connectivity index (χ4n) is 0.904. The SMILES string of the molecule is C=CCN(C)c1cc(C#N)ncn1. The van der Waals surface area contributed by atoms with Crippen molar-refractivity contribution in [2.75, 3.05) is 18.5 Å². The van der Waals surface area contributed by atoms with Crippen LogP contribution in [-0.4, -0.2) is 23.6 Å². The highest BCUT2D eigenvalue weighted by atomic mass is 15.2. The molecule has 4 heteroatoms. The van der Waals surface area contributed by atoms with Gasteiger partial charge in [-0.05, 0) is 0 Å². The number of nitrogens with zero attached hydrogens (tertiary/aromatic N) is 4. The molecule has 0 radical (unpaired) electrons. The lowest BCUT2D eigenvalue weighted by molar-refractivity contribution is 0.971. The van der Waals surface area contributed by atoms with E-state index in [-0.39, 0.29) is 0 Å². The number of rotatable bonds is 3. The van der Waals surface area contributed by atoms with Crippen LogP contribution in [0.3, 0.4) is 0 Å². The van der Waals surface area contributed by atoms with E-state index in [4.69, 9.17) is 5.26 Å². The summed E-state index contributed by atoms with van der Waals surface area (Å²) in [6, 6.07) is 3.60. The number of anilines is 1. The van der Waals surface area contributed by atoms with E-state index in [1.165, 1.54) is 6.33 Å². The van der Waals surface area contributed by atoms with Gasteiger partial charge in [0.1, 0.15) is 23.9 Å². The van der Waals surface area contributed by atoms with Crippen molar-refractivity contribution < 1.29 is 0 Å². The average molecular weight is 174 g/mol. The molecular formula is C9H10N4. The zero-order chi connectivity index (χ0) is 9.68. The molecule has 0 atom stereocenters. The minimum absolute atomic E-state index is 0.376. The Morgan fingerprint density at radius 1 is 1.69 bits per heavy atom. The highest BCUT2D eigenvalue weighted by molar-refractivity contribution is 5.41. The Morgan fingerprint density at radius 2 is 2.46 bits per heavy atom. The van der Waals surface area contributed by atoms with Gasteiger partial charge in [-0.1, -0.05) is 6.08 Å². The summed E-state index contributed by atoms with van der Waals surface area (Å²) in [5, 5.41) is 8.59. The van der Waals surface area contributed by atoms with E-state index in [9.17, 15) is 0 Å². The van der Waals surface area contributed by atoms with E-state index in [1.54, 1.807) is 12.1 Å². The molecule has 1 aromatic heterocycles. The second kappa shape index (κ2) is 4.21. The molecule has 66 valence electrons. The van der Waals surface area contributed by atoms with Crippen molar-refractivity contribution in [1.29, 1.82) is 5.26 Å². The van der Waals surface area contributed by atoms with Crippen molar-refractivity contribution in [3.8, 4) is 6.07 Å². The van der Waals surface area contributed by atoms with Gasteiger partial charge in [-0.15, -0.1) is 6.58 Å². The Labute approximate surface area is 77.2 Å². The van der Waals surface area contributed by atoms with Crippen LogP contribution < -0.4 is 4.90 Å². The molecule has 0 aromatic carbocycles. The third kappa shape index (κ3) is 2.27. The first-order valence-corrected chi connectivity index (χ1v) is 3.82. The van der Waals surface area contributed by atoms with Gasteiger partial charge in [0.25, 0.3) is 0 Å². The smallest absolute Gasteiger partial charge is 0.145 e. The molecule has 1 rings (SSSR count). The van der Waals surface area contributed by atoms with E-state index in [2.05, 4.69) is 16.5 Å². The zero-order valence-corrected chi connectivity index (χ0v) is 7.44. The summed E-state index contributed by atoms with van der Waals surface area (Å²) in [7, 11) is 1.88. The van der Waals surface area contributed by atoms with E-state index in [0.717, 1.165) is 5.82 Å². The molecule has 0 bridgehead atoms. The molecule has 13 heavy (non-hydrogen) atoms. The number of hydrogen-bond acceptors (Lipinski definition) is 4. The first kappa shape index (κ1) is 9.20. The lowest BCUT2D eigenvalue weighted by Gasteiger charge is -2.14. The minimum Gasteiger partial charge on any atom is -0.356 e. The van der Waals surface area contributed by atoms with Crippen molar-refractivity contribution in [2.45, 2.75) is 0 Å². The summed E-state index contributed by atoms with van der Waals surface area (Å²) in [5.74, 6) is 0.728. The summed E-state index contributed by atoms with van der Waals surface area (Å²) in [6.07, 6.45) is 3.15. The van der Waals surface area contributed by atoms with Crippen molar-refractivity contribution >= 4 is 5.82 Å². The van der Waals surface area contributed by atoms with E-state index in [1.807, 2.05) is 18.0 Å². The average Bonchev–Trinajstić information content (AvgIpc) is 2.18. The summed E-state index contributed by atoms with van der Waals surface area (Å²) in [6.45, 7) is 4.31. The molecule has 0 N–H and O–H groups in total. The summed E-state index contributed by atoms with van der Waals surface area (Å²) in [4.78, 5) is 9.68. The minimum atomic E-state index is 0.376. The molecule has 0 aliphatic rings. The van der Waals surface area contributed by atoms with Crippen LogP contribution in [0.2, 0.25) is 0 Å². The van der Waals surface area contributed by atoms with Gasteiger partial charge in [0, 0.05) is 19.7 Å². The van der Waals surface area contributed by atoms with Crippen LogP contribution in [0, 0.1) is 11.3 Å². The van der Waals surface area contributed by atoms with Gasteiger partial charge in [0.15, 0.2) is 0 Å². The Morgan fingerprint density at radius 3 is 3.08 bits per heavy atom. The molecule has 1 heterocycles. The fourth-order valence-corrected chi connectivity index (χ4v) is 0.904. The first-order chi connectivity index (χ1) is 6.27. The van der Waals surface area contributed by atoms with E-state index >= 15 is 0 Å². The van der Waals surface area contributed by atoms with Gasteiger partial charge in [-0.3, -0.25) is 0 Å². The highest BCUT2D eigenvalue weighted by Crippen LogP contribution is 2.07. The van der Waals surface area contributed by atoms with Crippen LogP contribution in [0.1, 0.15) is 5.69 Å². The van der Waals surface area contributed by atoms with Gasteiger partial charge in [0.05, 0.1) is 0 Å². The van der Waals surface area contributed by atoms with E-state index < -0.39 is 0 Å². The third-order valence-electron chi connectivity index (χ3n) is 1.56. The first-order valence-electron chi connectivity index (χ1n) is 3.82. The summed E-state index contributed by atoms with van der Waals surface area (Å²) in [5.41, 5.74) is 0.376. The monoisotopic (exact) mass is 174 g/mol. The second-order valence-corrected chi connectivity index (χ2v) is 2.54. The van der Waals surface area contributed by atoms with Gasteiger partial charge in [0.2, 0.25) is 0 Å². The standard InChI is InChI=1S/C9H10N4/c1-3-4-13(2)9-5-8(6-10)11-7-12-9/h3,5,7H,1,4H2,2H3. The van der Waals surface area contributed by atoms with Gasteiger partial charge in [-0.2, -0.15) is 5.26 Å². The van der Waals surface area contributed by atoms with Crippen molar-refractivity contribution in [3.05, 3.63) is 30.7 Å². The third-order valence-corrected chi connectivity index (χ3v) is 1.56. The zero-order valence-electron chi connectivity index (χ0n) is 7.44. The number of nitriles is 1. The largest absolute Gasteiger partial charge is 0.356 e. The quantitative estimate of drug-likeness (QED) is 0.641. The topological polar surface area (TPSA) is 52.8 Å². The Hall–Kier alpha value is -1.89. The van der Waals surface area contributed by atoms with E-state index in [0.29, 0.717) is 12.2 Å². The molecule has 0 spiro atoms. The fraction of sp³-hybridized carbons (Fsp3) is 0.222. The summed E-state index contributed by atoms with van der Waals surface area (Å²) < 4.78 is 0. The molecule has 0 saturated heterocycles. The Balaban J connectivity index is 2.89. The van der Waals surface area contributed by atoms with Crippen LogP contribution in [0.25, 0.3) is 0 Å². The molecule has 1 aromatic rings. The molecule has 0 saturated carbocycles. The molecule has 0 amide bonds. The highest BCUT2D eigenvalue weighted by Gasteiger charge is 2.01. The van der Waals surface area contributed by atoms with Crippen molar-refractivity contribution in [3.63, 3.8) is 0 Å². The summed E-state index contributed by atoms with van der Waals surface area (Å²) >= 11 is 0. The van der Waals surface area contributed by atoms with Crippen LogP contribution in [0.15, 0.2) is 25.0 Å². The predicted molar refractivity (Wildman–Crippen MR) is 50.2 cm³/mol. The molecule has 0 aliphatic heterocycles. The molecular weight excluding hydrogens is 164 g/mol. The molecule has 0 aliphatic carbocycles. The van der Waals surface area contributed by atoms with Gasteiger partial charge >= 0.3 is 0 Å². The van der Waals surface area contributed by atoms with Crippen LogP contribution >= 0.6 is 0 Å². The second-order valence-electron chi connectivity index (χ2n) is 2.54. The lowest BCUT2D eigenvalue weighted by Crippen LogP contribution is -2.18. The lowest BCUT2D eigenvalue weighted by atomic mass is 10.4. The van der Waals surface area contributed by atoms with Crippen molar-refractivity contribution in [2.24, 2.45) is 0 Å². The molecule has 4 nitrogen and oxygen atoms in total. The van der Waals surface area contributed by atoms with Crippen LogP contribution in [0.4, 0.5) is 5.82 Å². The van der Waals surface area contributed by atoms with Gasteiger partial charge in [-0.25, -0.2) is 9.97 Å². The number of likely N-dealkylation sites (N-methyl/N-ethyl adjacent to an activating group) is 1. The van der Waals surface area contributed by atoms with Gasteiger partial charge < -0.3 is 4.90 Å². The predicted octanol–water partition coefficient (Wildman–Crippen LogP) is 0.970. The maximum atomic E-state index is 8.59. The number of hydrogen-bond donors (Lipinski definition) is 0. The van der Waals surface area contributed by atoms with Crippen molar-refractivity contribution in [1.82, 2.24) is 9.97 Å². The Kier molecular flexibility index (Phi) is 2.98. The number of aromatic nitrogens is 2. The van der Waals surface area contributed by atoms with Crippen LogP contribution in [-0.2, 0) is 0 Å².